The molecule has 96 valence electrons. The van der Waals surface area contributed by atoms with Gasteiger partial charge < -0.3 is 10.4 Å². The molecule has 18 heavy (non-hydrogen) atoms. The quantitative estimate of drug-likeness (QED) is 0.743. The number of halogens is 1. The zero-order chi connectivity index (χ0) is 13.4. The SMILES string of the molecule is N#Cc1ccc(NCCCCCC(=O)O)cc1Cl. The topological polar surface area (TPSA) is 73.1 Å². The number of nitrogens with one attached hydrogen (secondary N) is 1. The van der Waals surface area contributed by atoms with Gasteiger partial charge in [0.25, 0.3) is 0 Å². The van der Waals surface area contributed by atoms with Crippen molar-refractivity contribution in [1.29, 1.82) is 5.26 Å². The molecular formula is C13H15ClN2O2. The molecule has 0 fully saturated rings. The number of nitriles is 1. The predicted octanol–water partition coefficient (Wildman–Crippen LogP) is 3.27. The average Bonchev–Trinajstić information content (AvgIpc) is 2.33. The highest BCUT2D eigenvalue weighted by molar-refractivity contribution is 6.32. The van der Waals surface area contributed by atoms with E-state index in [1.54, 1.807) is 12.1 Å². The first kappa shape index (κ1) is 14.3. The van der Waals surface area contributed by atoms with Crippen molar-refractivity contribution in [1.82, 2.24) is 0 Å². The third-order valence-corrected chi connectivity index (χ3v) is 2.80. The Morgan fingerprint density at radius 3 is 2.78 bits per heavy atom. The third-order valence-electron chi connectivity index (χ3n) is 2.49. The molecule has 0 saturated carbocycles. The second-order valence-electron chi connectivity index (χ2n) is 3.94. The molecule has 0 aliphatic rings. The van der Waals surface area contributed by atoms with Crippen molar-refractivity contribution in [2.75, 3.05) is 11.9 Å². The molecule has 0 unspecified atom stereocenters. The van der Waals surface area contributed by atoms with E-state index in [4.69, 9.17) is 22.0 Å². The van der Waals surface area contributed by atoms with Crippen LogP contribution in [0.5, 0.6) is 0 Å². The maximum atomic E-state index is 10.3. The Labute approximate surface area is 111 Å². The highest BCUT2D eigenvalue weighted by Crippen LogP contribution is 2.20. The Kier molecular flexibility index (Phi) is 6.03. The van der Waals surface area contributed by atoms with Crippen LogP contribution in [0, 0.1) is 11.3 Å². The molecule has 2 N–H and O–H groups in total. The zero-order valence-corrected chi connectivity index (χ0v) is 10.7. The summed E-state index contributed by atoms with van der Waals surface area (Å²) in [5.41, 5.74) is 1.33. The summed E-state index contributed by atoms with van der Waals surface area (Å²) in [6.45, 7) is 0.766. The molecule has 0 aromatic heterocycles. The van der Waals surface area contributed by atoms with E-state index in [1.807, 2.05) is 12.1 Å². The van der Waals surface area contributed by atoms with Gasteiger partial charge in [0, 0.05) is 18.7 Å². The van der Waals surface area contributed by atoms with Gasteiger partial charge in [-0.3, -0.25) is 4.79 Å². The molecular weight excluding hydrogens is 252 g/mol. The lowest BCUT2D eigenvalue weighted by atomic mass is 10.2. The van der Waals surface area contributed by atoms with Crippen LogP contribution < -0.4 is 5.32 Å². The Hall–Kier alpha value is -1.73. The summed E-state index contributed by atoms with van der Waals surface area (Å²) in [5.74, 6) is -0.748. The lowest BCUT2D eigenvalue weighted by Gasteiger charge is -2.06. The van der Waals surface area contributed by atoms with E-state index in [-0.39, 0.29) is 6.42 Å². The van der Waals surface area contributed by atoms with Crippen LogP contribution in [0.25, 0.3) is 0 Å². The number of rotatable bonds is 7. The van der Waals surface area contributed by atoms with Crippen LogP contribution in [-0.2, 0) is 4.79 Å². The van der Waals surface area contributed by atoms with Gasteiger partial charge >= 0.3 is 5.97 Å². The minimum atomic E-state index is -0.748. The van der Waals surface area contributed by atoms with Crippen LogP contribution in [0.3, 0.4) is 0 Å². The molecule has 0 aliphatic heterocycles. The van der Waals surface area contributed by atoms with Crippen LogP contribution in [-0.4, -0.2) is 17.6 Å². The van der Waals surface area contributed by atoms with Crippen molar-refractivity contribution in [3.8, 4) is 6.07 Å². The summed E-state index contributed by atoms with van der Waals surface area (Å²) >= 11 is 5.90. The van der Waals surface area contributed by atoms with E-state index >= 15 is 0 Å². The third kappa shape index (κ3) is 5.07. The van der Waals surface area contributed by atoms with Gasteiger partial charge in [-0.15, -0.1) is 0 Å². The summed E-state index contributed by atoms with van der Waals surface area (Å²) in [5, 5.41) is 20.8. The van der Waals surface area contributed by atoms with E-state index in [1.165, 1.54) is 0 Å². The molecule has 4 nitrogen and oxygen atoms in total. The molecule has 1 aromatic rings. The normalized spacial score (nSPS) is 9.78. The first-order valence-electron chi connectivity index (χ1n) is 5.79. The van der Waals surface area contributed by atoms with Gasteiger partial charge in [0.1, 0.15) is 6.07 Å². The average molecular weight is 267 g/mol. The molecule has 5 heteroatoms. The van der Waals surface area contributed by atoms with E-state index in [9.17, 15) is 4.79 Å². The number of benzene rings is 1. The fraction of sp³-hybridized carbons (Fsp3) is 0.385. The van der Waals surface area contributed by atoms with Gasteiger partial charge in [0.05, 0.1) is 10.6 Å². The van der Waals surface area contributed by atoms with Crippen molar-refractivity contribution in [3.05, 3.63) is 28.8 Å². The number of aliphatic carboxylic acids is 1. The van der Waals surface area contributed by atoms with Gasteiger partial charge in [-0.1, -0.05) is 18.0 Å². The van der Waals surface area contributed by atoms with Crippen LogP contribution in [0.1, 0.15) is 31.2 Å². The summed E-state index contributed by atoms with van der Waals surface area (Å²) in [6.07, 6.45) is 2.71. The Balaban J connectivity index is 2.26. The molecule has 1 rings (SSSR count). The highest BCUT2D eigenvalue weighted by atomic mass is 35.5. The maximum Gasteiger partial charge on any atom is 0.303 e. The number of nitrogens with zero attached hydrogens (tertiary/aromatic N) is 1. The lowest BCUT2D eigenvalue weighted by Crippen LogP contribution is -2.02. The molecule has 0 aliphatic carbocycles. The van der Waals surface area contributed by atoms with Crippen molar-refractivity contribution in [2.24, 2.45) is 0 Å². The number of carbonyl (C=O) groups is 1. The maximum absolute atomic E-state index is 10.3. The molecule has 0 amide bonds. The monoisotopic (exact) mass is 266 g/mol. The van der Waals surface area contributed by atoms with Crippen LogP contribution in [0.15, 0.2) is 18.2 Å². The van der Waals surface area contributed by atoms with Crippen molar-refractivity contribution in [3.63, 3.8) is 0 Å². The molecule has 1 aromatic carbocycles. The lowest BCUT2D eigenvalue weighted by molar-refractivity contribution is -0.137. The summed E-state index contributed by atoms with van der Waals surface area (Å²) in [7, 11) is 0. The fourth-order valence-corrected chi connectivity index (χ4v) is 1.75. The van der Waals surface area contributed by atoms with Gasteiger partial charge in [0.15, 0.2) is 0 Å². The van der Waals surface area contributed by atoms with Crippen LogP contribution in [0.4, 0.5) is 5.69 Å². The molecule has 0 heterocycles. The number of carboxylic acids is 1. The van der Waals surface area contributed by atoms with Gasteiger partial charge in [-0.25, -0.2) is 0 Å². The Morgan fingerprint density at radius 1 is 1.39 bits per heavy atom. The van der Waals surface area contributed by atoms with Gasteiger partial charge in [-0.2, -0.15) is 5.26 Å². The number of hydrogen-bond donors (Lipinski definition) is 2. The smallest absolute Gasteiger partial charge is 0.303 e. The minimum absolute atomic E-state index is 0.225. The number of anilines is 1. The first-order chi connectivity index (χ1) is 8.63. The van der Waals surface area contributed by atoms with Crippen molar-refractivity contribution >= 4 is 23.3 Å². The molecule has 0 atom stereocenters. The Bertz CT molecular complexity index is 455. The van der Waals surface area contributed by atoms with E-state index in [0.29, 0.717) is 17.0 Å². The van der Waals surface area contributed by atoms with Crippen LogP contribution >= 0.6 is 11.6 Å². The minimum Gasteiger partial charge on any atom is -0.481 e. The van der Waals surface area contributed by atoms with E-state index < -0.39 is 5.97 Å². The standard InChI is InChI=1S/C13H15ClN2O2/c14-12-8-11(6-5-10(12)9-15)16-7-3-1-2-4-13(17)18/h5-6,8,16H,1-4,7H2,(H,17,18). The second-order valence-corrected chi connectivity index (χ2v) is 4.34. The number of carboxylic acid groups (broad SMARTS) is 1. The zero-order valence-electron chi connectivity index (χ0n) is 9.95. The molecule has 0 radical (unpaired) electrons. The molecule has 0 spiro atoms. The van der Waals surface area contributed by atoms with Crippen molar-refractivity contribution < 1.29 is 9.90 Å². The summed E-state index contributed by atoms with van der Waals surface area (Å²) < 4.78 is 0. The predicted molar refractivity (Wildman–Crippen MR) is 70.8 cm³/mol. The highest BCUT2D eigenvalue weighted by Gasteiger charge is 2.00. The summed E-state index contributed by atoms with van der Waals surface area (Å²) in [6, 6.07) is 7.20. The molecule has 0 bridgehead atoms. The van der Waals surface area contributed by atoms with E-state index in [2.05, 4.69) is 5.32 Å². The largest absolute Gasteiger partial charge is 0.481 e. The van der Waals surface area contributed by atoms with Crippen LogP contribution in [0.2, 0.25) is 5.02 Å². The first-order valence-corrected chi connectivity index (χ1v) is 6.16. The fourth-order valence-electron chi connectivity index (χ4n) is 1.53. The Morgan fingerprint density at radius 2 is 2.17 bits per heavy atom. The van der Waals surface area contributed by atoms with E-state index in [0.717, 1.165) is 25.1 Å². The van der Waals surface area contributed by atoms with Gasteiger partial charge in [-0.05, 0) is 31.0 Å². The second kappa shape index (κ2) is 7.57. The van der Waals surface area contributed by atoms with Gasteiger partial charge in [0.2, 0.25) is 0 Å². The number of hydrogen-bond acceptors (Lipinski definition) is 3. The summed E-state index contributed by atoms with van der Waals surface area (Å²) in [4.78, 5) is 10.3. The number of unbranched alkanes of at least 4 members (excludes halogenated alkanes) is 2. The van der Waals surface area contributed by atoms with Crippen molar-refractivity contribution in [2.45, 2.75) is 25.7 Å². The molecule has 0 saturated heterocycles.